The Morgan fingerprint density at radius 2 is 1.73 bits per heavy atom. The number of hydrogen-bond donors (Lipinski definition) is 0. The van der Waals surface area contributed by atoms with E-state index in [0.717, 1.165) is 25.4 Å². The zero-order chi connectivity index (χ0) is 20.8. The molecule has 4 rings (SSSR count). The fourth-order valence-corrected chi connectivity index (χ4v) is 4.79. The number of hydrogen-bond acceptors (Lipinski definition) is 4. The number of methoxy groups -OCH3 is 1. The summed E-state index contributed by atoms with van der Waals surface area (Å²) in [4.78, 5) is 7.90. The minimum atomic E-state index is 0.701. The van der Waals surface area contributed by atoms with Crippen LogP contribution in [0.25, 0.3) is 6.08 Å². The Balaban J connectivity index is 1.26. The lowest BCUT2D eigenvalue weighted by molar-refractivity contribution is 0.0991. The molecule has 0 amide bonds. The summed E-state index contributed by atoms with van der Waals surface area (Å²) >= 11 is 0. The maximum Gasteiger partial charge on any atom is 0.118 e. The van der Waals surface area contributed by atoms with E-state index in [1.165, 1.54) is 55.8 Å². The van der Waals surface area contributed by atoms with E-state index in [2.05, 4.69) is 70.2 Å². The molecule has 2 heterocycles. The third-order valence-electron chi connectivity index (χ3n) is 6.56. The van der Waals surface area contributed by atoms with E-state index in [9.17, 15) is 0 Å². The molecule has 160 valence electrons. The lowest BCUT2D eigenvalue weighted by Crippen LogP contribution is -2.55. The van der Waals surface area contributed by atoms with E-state index in [-0.39, 0.29) is 0 Å². The monoisotopic (exact) mass is 405 g/mol. The first-order chi connectivity index (χ1) is 14.7. The van der Waals surface area contributed by atoms with Crippen molar-refractivity contribution in [3.05, 3.63) is 65.7 Å². The molecule has 0 N–H and O–H groups in total. The number of piperidine rings is 1. The number of benzene rings is 2. The van der Waals surface area contributed by atoms with Crippen LogP contribution in [0, 0.1) is 6.92 Å². The summed E-state index contributed by atoms with van der Waals surface area (Å²) in [7, 11) is 1.71. The summed E-state index contributed by atoms with van der Waals surface area (Å²) in [5.41, 5.74) is 4.03. The van der Waals surface area contributed by atoms with Gasteiger partial charge >= 0.3 is 0 Å². The van der Waals surface area contributed by atoms with Gasteiger partial charge in [-0.1, -0.05) is 42.5 Å². The van der Waals surface area contributed by atoms with Crippen LogP contribution in [0.3, 0.4) is 0 Å². The lowest BCUT2D eigenvalue weighted by atomic mass is 10.0. The Bertz CT molecular complexity index is 824. The standard InChI is InChI=1S/C26H35N3O/c1-22-7-3-4-10-26(22)29-19-17-28(18-20-29)24-9-6-16-27(21-24)15-5-8-23-11-13-25(30-2)14-12-23/h3-5,7-8,10-14,24H,6,9,15-21H2,1-2H3/b8-5+/t24-/m1/s1. The largest absolute Gasteiger partial charge is 0.497 e. The molecule has 0 saturated carbocycles. The minimum Gasteiger partial charge on any atom is -0.497 e. The number of nitrogens with zero attached hydrogens (tertiary/aromatic N) is 3. The van der Waals surface area contributed by atoms with Gasteiger partial charge in [-0.3, -0.25) is 9.80 Å². The highest BCUT2D eigenvalue weighted by molar-refractivity contribution is 5.53. The number of para-hydroxylation sites is 1. The summed E-state index contributed by atoms with van der Waals surface area (Å²) in [5.74, 6) is 0.911. The molecule has 2 aliphatic heterocycles. The second-order valence-electron chi connectivity index (χ2n) is 8.54. The van der Waals surface area contributed by atoms with Crippen LogP contribution in [-0.2, 0) is 0 Å². The van der Waals surface area contributed by atoms with Crippen molar-refractivity contribution in [3.63, 3.8) is 0 Å². The molecule has 4 nitrogen and oxygen atoms in total. The van der Waals surface area contributed by atoms with E-state index in [1.807, 2.05) is 12.1 Å². The predicted octanol–water partition coefficient (Wildman–Crippen LogP) is 4.30. The van der Waals surface area contributed by atoms with E-state index >= 15 is 0 Å². The van der Waals surface area contributed by atoms with E-state index < -0.39 is 0 Å². The van der Waals surface area contributed by atoms with E-state index in [0.29, 0.717) is 6.04 Å². The Hall–Kier alpha value is -2.30. The molecule has 0 spiro atoms. The summed E-state index contributed by atoms with van der Waals surface area (Å²) in [6.45, 7) is 10.3. The van der Waals surface area contributed by atoms with E-state index in [1.54, 1.807) is 7.11 Å². The van der Waals surface area contributed by atoms with Gasteiger partial charge in [-0.15, -0.1) is 0 Å². The maximum absolute atomic E-state index is 5.24. The Morgan fingerprint density at radius 1 is 0.967 bits per heavy atom. The summed E-state index contributed by atoms with van der Waals surface area (Å²) < 4.78 is 5.24. The van der Waals surface area contributed by atoms with Gasteiger partial charge in [0.05, 0.1) is 7.11 Å². The number of likely N-dealkylation sites (tertiary alicyclic amines) is 1. The third-order valence-corrected chi connectivity index (χ3v) is 6.56. The number of piperazine rings is 1. The van der Waals surface area contributed by atoms with Gasteiger partial charge in [0.2, 0.25) is 0 Å². The van der Waals surface area contributed by atoms with Crippen LogP contribution >= 0.6 is 0 Å². The number of rotatable bonds is 6. The molecule has 2 aliphatic rings. The van der Waals surface area contributed by atoms with Crippen LogP contribution in [0.15, 0.2) is 54.6 Å². The quantitative estimate of drug-likeness (QED) is 0.713. The first kappa shape index (κ1) is 21.0. The van der Waals surface area contributed by atoms with Crippen LogP contribution in [-0.4, -0.2) is 68.8 Å². The first-order valence-electron chi connectivity index (χ1n) is 11.3. The summed E-state index contributed by atoms with van der Waals surface area (Å²) in [5, 5.41) is 0. The average Bonchev–Trinajstić information content (AvgIpc) is 2.80. The highest BCUT2D eigenvalue weighted by Crippen LogP contribution is 2.23. The van der Waals surface area contributed by atoms with Crippen molar-refractivity contribution < 1.29 is 4.74 Å². The van der Waals surface area contributed by atoms with Gasteiger partial charge in [-0.25, -0.2) is 0 Å². The average molecular weight is 406 g/mol. The molecule has 0 aromatic heterocycles. The molecule has 0 bridgehead atoms. The first-order valence-corrected chi connectivity index (χ1v) is 11.3. The topological polar surface area (TPSA) is 19.0 Å². The van der Waals surface area contributed by atoms with Crippen molar-refractivity contribution in [2.45, 2.75) is 25.8 Å². The molecule has 2 fully saturated rings. The smallest absolute Gasteiger partial charge is 0.118 e. The van der Waals surface area contributed by atoms with Crippen molar-refractivity contribution in [2.75, 3.05) is 57.8 Å². The van der Waals surface area contributed by atoms with Crippen LogP contribution in [0.5, 0.6) is 5.75 Å². The molecule has 4 heteroatoms. The molecule has 0 aliphatic carbocycles. The Morgan fingerprint density at radius 3 is 2.47 bits per heavy atom. The van der Waals surface area contributed by atoms with Crippen molar-refractivity contribution in [2.24, 2.45) is 0 Å². The van der Waals surface area contributed by atoms with E-state index in [4.69, 9.17) is 4.74 Å². The fraction of sp³-hybridized carbons (Fsp3) is 0.462. The Labute approximate surface area is 181 Å². The fourth-order valence-electron chi connectivity index (χ4n) is 4.79. The summed E-state index contributed by atoms with van der Waals surface area (Å²) in [6.07, 6.45) is 7.17. The van der Waals surface area contributed by atoms with Gasteiger partial charge in [0.25, 0.3) is 0 Å². The maximum atomic E-state index is 5.24. The van der Waals surface area contributed by atoms with Gasteiger partial charge in [0.15, 0.2) is 0 Å². The van der Waals surface area contributed by atoms with Crippen molar-refractivity contribution >= 4 is 11.8 Å². The predicted molar refractivity (Wildman–Crippen MR) is 126 cm³/mol. The van der Waals surface area contributed by atoms with Gasteiger partial charge in [0.1, 0.15) is 5.75 Å². The Kier molecular flexibility index (Phi) is 7.08. The highest BCUT2D eigenvalue weighted by atomic mass is 16.5. The zero-order valence-corrected chi connectivity index (χ0v) is 18.5. The molecule has 30 heavy (non-hydrogen) atoms. The van der Waals surface area contributed by atoms with Crippen molar-refractivity contribution in [1.82, 2.24) is 9.80 Å². The summed E-state index contributed by atoms with van der Waals surface area (Å²) in [6, 6.07) is 17.8. The van der Waals surface area contributed by atoms with Gasteiger partial charge < -0.3 is 9.64 Å². The number of anilines is 1. The zero-order valence-electron chi connectivity index (χ0n) is 18.5. The second-order valence-corrected chi connectivity index (χ2v) is 8.54. The third kappa shape index (κ3) is 5.24. The normalized spacial score (nSPS) is 21.3. The van der Waals surface area contributed by atoms with Crippen LogP contribution < -0.4 is 9.64 Å². The van der Waals surface area contributed by atoms with Crippen molar-refractivity contribution in [1.29, 1.82) is 0 Å². The molecule has 2 saturated heterocycles. The van der Waals surface area contributed by atoms with Gasteiger partial charge in [-0.05, 0) is 55.6 Å². The highest BCUT2D eigenvalue weighted by Gasteiger charge is 2.28. The second kappa shape index (κ2) is 10.1. The molecule has 2 aromatic carbocycles. The molecular formula is C26H35N3O. The van der Waals surface area contributed by atoms with Gasteiger partial charge in [0, 0.05) is 51.0 Å². The minimum absolute atomic E-state index is 0.701. The van der Waals surface area contributed by atoms with Crippen molar-refractivity contribution in [3.8, 4) is 5.75 Å². The molecule has 0 radical (unpaired) electrons. The number of ether oxygens (including phenoxy) is 1. The molecule has 1 atom stereocenters. The van der Waals surface area contributed by atoms with Crippen LogP contribution in [0.2, 0.25) is 0 Å². The molecular weight excluding hydrogens is 370 g/mol. The van der Waals surface area contributed by atoms with Gasteiger partial charge in [-0.2, -0.15) is 0 Å². The van der Waals surface area contributed by atoms with Crippen LogP contribution in [0.1, 0.15) is 24.0 Å². The van der Waals surface area contributed by atoms with Crippen LogP contribution in [0.4, 0.5) is 5.69 Å². The number of aryl methyl sites for hydroxylation is 1. The molecule has 0 unspecified atom stereocenters. The lowest BCUT2D eigenvalue weighted by Gasteiger charge is -2.44. The SMILES string of the molecule is COc1ccc(/C=C/CN2CCC[C@@H](N3CCN(c4ccccc4C)CC3)C2)cc1. The molecule has 2 aromatic rings.